The van der Waals surface area contributed by atoms with Crippen molar-refractivity contribution in [3.05, 3.63) is 74.5 Å². The number of benzene rings is 3. The average molecular weight is 657 g/mol. The summed E-state index contributed by atoms with van der Waals surface area (Å²) in [7, 11) is 1.68. The lowest BCUT2D eigenvalue weighted by Crippen LogP contribution is -2.28. The van der Waals surface area contributed by atoms with E-state index in [1.54, 1.807) is 23.7 Å². The number of carbonyl (C=O) groups excluding carboxylic acids is 1. The van der Waals surface area contributed by atoms with Crippen molar-refractivity contribution in [2.45, 2.75) is 38.5 Å². The molecule has 1 fully saturated rings. The van der Waals surface area contributed by atoms with Gasteiger partial charge < -0.3 is 25.0 Å². The molecule has 14 heteroatoms. The molecule has 1 atom stereocenters. The van der Waals surface area contributed by atoms with E-state index in [0.29, 0.717) is 57.2 Å². The van der Waals surface area contributed by atoms with Crippen LogP contribution in [0.3, 0.4) is 0 Å². The smallest absolute Gasteiger partial charge is 0.272 e. The van der Waals surface area contributed by atoms with Gasteiger partial charge in [0.05, 0.1) is 37.4 Å². The Morgan fingerprint density at radius 2 is 1.91 bits per heavy atom. The molecular weight excluding hydrogens is 630 g/mol. The van der Waals surface area contributed by atoms with E-state index in [0.717, 1.165) is 18.9 Å². The number of nitrogens with one attached hydrogen (secondary N) is 3. The summed E-state index contributed by atoms with van der Waals surface area (Å²) >= 11 is 19.0. The van der Waals surface area contributed by atoms with Crippen LogP contribution in [0.4, 0.5) is 30.5 Å². The van der Waals surface area contributed by atoms with Crippen LogP contribution in [0, 0.1) is 11.7 Å². The van der Waals surface area contributed by atoms with E-state index < -0.39 is 31.0 Å². The minimum Gasteiger partial charge on any atom is -0.487 e. The van der Waals surface area contributed by atoms with E-state index in [1.807, 2.05) is 0 Å². The van der Waals surface area contributed by atoms with Crippen molar-refractivity contribution in [1.29, 1.82) is 0 Å². The quantitative estimate of drug-likeness (QED) is 0.118. The zero-order valence-electron chi connectivity index (χ0n) is 22.7. The van der Waals surface area contributed by atoms with E-state index in [-0.39, 0.29) is 22.0 Å². The monoisotopic (exact) mass is 655 g/mol. The number of fused-ring (bicyclic) bond motifs is 1. The van der Waals surface area contributed by atoms with Gasteiger partial charge in [0.1, 0.15) is 24.4 Å². The number of aliphatic hydroxyl groups is 1. The van der Waals surface area contributed by atoms with E-state index in [4.69, 9.17) is 39.5 Å². The molecule has 0 aliphatic heterocycles. The Kier molecular flexibility index (Phi) is 9.57. The van der Waals surface area contributed by atoms with E-state index in [1.165, 1.54) is 24.3 Å². The standard InChI is InChI=1S/C29H27Cl3F3N5O3/c1-40-22-11-23(43-13-24(34)35)17(28(42)37-16-5-7-20(33)19(31)9-16)10-21(22)38-29(40)39-27-18(30)6-4-15(26(27)32)12-36-25(41)8-14-2-3-14/h4-7,9-11,14,24-25,36,41H,2-3,8,12-13H2,1H3,(H,37,42)(H,38,39)/t25-/m0/s1. The number of halogens is 6. The van der Waals surface area contributed by atoms with Crippen molar-refractivity contribution in [3.63, 3.8) is 0 Å². The molecule has 4 N–H and O–H groups in total. The second-order valence-electron chi connectivity index (χ2n) is 10.2. The summed E-state index contributed by atoms with van der Waals surface area (Å²) in [4.78, 5) is 17.7. The van der Waals surface area contributed by atoms with Crippen molar-refractivity contribution in [3.8, 4) is 5.75 Å². The van der Waals surface area contributed by atoms with E-state index >= 15 is 0 Å². The summed E-state index contributed by atoms with van der Waals surface area (Å²) in [5.74, 6) is -0.637. The van der Waals surface area contributed by atoms with Crippen LogP contribution in [0.5, 0.6) is 5.75 Å². The van der Waals surface area contributed by atoms with Crippen LogP contribution in [-0.2, 0) is 13.6 Å². The highest BCUT2D eigenvalue weighted by atomic mass is 35.5. The van der Waals surface area contributed by atoms with Gasteiger partial charge in [-0.15, -0.1) is 0 Å². The SMILES string of the molecule is Cn1c(Nc2c(Cl)ccc(CN[C@@H](O)CC3CC3)c2Cl)nc2cc(C(=O)Nc3ccc(F)c(Cl)c3)c(OCC(F)F)cc21. The molecule has 1 heterocycles. The molecule has 43 heavy (non-hydrogen) atoms. The predicted octanol–water partition coefficient (Wildman–Crippen LogP) is 7.52. The first kappa shape index (κ1) is 31.2. The van der Waals surface area contributed by atoms with Gasteiger partial charge in [0.25, 0.3) is 12.3 Å². The Morgan fingerprint density at radius 3 is 2.60 bits per heavy atom. The first-order chi connectivity index (χ1) is 20.5. The number of alkyl halides is 2. The van der Waals surface area contributed by atoms with Gasteiger partial charge in [0.2, 0.25) is 5.95 Å². The van der Waals surface area contributed by atoms with Crippen LogP contribution in [0.25, 0.3) is 11.0 Å². The number of hydrogen-bond donors (Lipinski definition) is 4. The molecule has 0 bridgehead atoms. The Labute approximate surface area is 260 Å². The average Bonchev–Trinajstić information content (AvgIpc) is 3.72. The normalized spacial score (nSPS) is 13.9. The minimum absolute atomic E-state index is 0.0767. The molecule has 1 aliphatic carbocycles. The van der Waals surface area contributed by atoms with Crippen LogP contribution >= 0.6 is 34.8 Å². The number of rotatable bonds is 12. The molecular formula is C29H27Cl3F3N5O3. The fraction of sp³-hybridized carbons (Fsp3) is 0.310. The first-order valence-corrected chi connectivity index (χ1v) is 14.5. The third-order valence-corrected chi connectivity index (χ3v) is 7.99. The molecule has 1 aromatic heterocycles. The van der Waals surface area contributed by atoms with E-state index in [2.05, 4.69) is 20.9 Å². The third-order valence-electron chi connectivity index (χ3n) is 6.96. The van der Waals surface area contributed by atoms with Gasteiger partial charge in [-0.25, -0.2) is 18.2 Å². The fourth-order valence-electron chi connectivity index (χ4n) is 4.49. The number of amides is 1. The molecule has 3 aromatic carbocycles. The first-order valence-electron chi connectivity index (χ1n) is 13.3. The Bertz CT molecular complexity index is 1670. The van der Waals surface area contributed by atoms with Crippen molar-refractivity contribution in [1.82, 2.24) is 14.9 Å². The zero-order chi connectivity index (χ0) is 30.8. The fourth-order valence-corrected chi connectivity index (χ4v) is 5.20. The molecule has 0 spiro atoms. The molecule has 1 aliphatic rings. The minimum atomic E-state index is -2.79. The van der Waals surface area contributed by atoms with Crippen LogP contribution in [0.15, 0.2) is 42.5 Å². The van der Waals surface area contributed by atoms with Gasteiger partial charge in [-0.1, -0.05) is 53.7 Å². The van der Waals surface area contributed by atoms with Crippen molar-refractivity contribution >= 4 is 69.1 Å². The van der Waals surface area contributed by atoms with Gasteiger partial charge >= 0.3 is 0 Å². The third kappa shape index (κ3) is 7.47. The Morgan fingerprint density at radius 1 is 1.14 bits per heavy atom. The molecule has 0 radical (unpaired) electrons. The maximum atomic E-state index is 13.6. The molecule has 8 nitrogen and oxygen atoms in total. The molecule has 5 rings (SSSR count). The highest BCUT2D eigenvalue weighted by Gasteiger charge is 2.25. The molecule has 228 valence electrons. The molecule has 1 amide bonds. The number of aryl methyl sites for hydroxylation is 1. The lowest BCUT2D eigenvalue weighted by atomic mass is 10.1. The maximum Gasteiger partial charge on any atom is 0.272 e. The van der Waals surface area contributed by atoms with Gasteiger partial charge in [0, 0.05) is 25.3 Å². The number of aromatic nitrogens is 2. The lowest BCUT2D eigenvalue weighted by Gasteiger charge is -2.16. The van der Waals surface area contributed by atoms with Crippen LogP contribution in [0.2, 0.25) is 15.1 Å². The largest absolute Gasteiger partial charge is 0.487 e. The van der Waals surface area contributed by atoms with Crippen LogP contribution in [0.1, 0.15) is 35.2 Å². The summed E-state index contributed by atoms with van der Waals surface area (Å²) < 4.78 is 46.6. The van der Waals surface area contributed by atoms with Crippen molar-refractivity contribution in [2.75, 3.05) is 17.2 Å². The Hall–Kier alpha value is -3.22. The van der Waals surface area contributed by atoms with Gasteiger partial charge in [-0.3, -0.25) is 10.1 Å². The topological polar surface area (TPSA) is 100 Å². The predicted molar refractivity (Wildman–Crippen MR) is 162 cm³/mol. The summed E-state index contributed by atoms with van der Waals surface area (Å²) in [5, 5.41) is 19.4. The van der Waals surface area contributed by atoms with Crippen LogP contribution in [-0.4, -0.2) is 39.8 Å². The van der Waals surface area contributed by atoms with Gasteiger partial charge in [-0.2, -0.15) is 0 Å². The molecule has 0 unspecified atom stereocenters. The number of carbonyl (C=O) groups is 1. The number of imidazole rings is 1. The summed E-state index contributed by atoms with van der Waals surface area (Å²) in [6, 6.07) is 9.87. The molecule has 4 aromatic rings. The maximum absolute atomic E-state index is 13.6. The lowest BCUT2D eigenvalue weighted by molar-refractivity contribution is 0.0804. The molecule has 1 saturated carbocycles. The second kappa shape index (κ2) is 13.2. The van der Waals surface area contributed by atoms with Crippen molar-refractivity contribution < 1.29 is 27.8 Å². The highest BCUT2D eigenvalue weighted by Crippen LogP contribution is 2.37. The van der Waals surface area contributed by atoms with Crippen molar-refractivity contribution in [2.24, 2.45) is 13.0 Å². The summed E-state index contributed by atoms with van der Waals surface area (Å²) in [6.45, 7) is -0.637. The van der Waals surface area contributed by atoms with E-state index in [9.17, 15) is 23.1 Å². The number of hydrogen-bond acceptors (Lipinski definition) is 6. The zero-order valence-corrected chi connectivity index (χ0v) is 25.0. The van der Waals surface area contributed by atoms with Gasteiger partial charge in [-0.05, 0) is 48.2 Å². The summed E-state index contributed by atoms with van der Waals surface area (Å²) in [5.41, 5.74) is 1.99. The number of nitrogens with zero attached hydrogens (tertiary/aromatic N) is 2. The van der Waals surface area contributed by atoms with Gasteiger partial charge in [0.15, 0.2) is 0 Å². The Balaban J connectivity index is 1.43. The molecule has 0 saturated heterocycles. The number of ether oxygens (including phenoxy) is 1. The highest BCUT2D eigenvalue weighted by molar-refractivity contribution is 6.39. The number of aliphatic hydroxyl groups excluding tert-OH is 1. The number of anilines is 3. The summed E-state index contributed by atoms with van der Waals surface area (Å²) in [6.07, 6.45) is -0.504. The second-order valence-corrected chi connectivity index (χ2v) is 11.4. The van der Waals surface area contributed by atoms with Crippen LogP contribution < -0.4 is 20.7 Å².